The predicted octanol–water partition coefficient (Wildman–Crippen LogP) is 4.37. The molecule has 0 nitrogen and oxygen atoms in total. The highest BCUT2D eigenvalue weighted by Crippen LogP contribution is 2.41. The van der Waals surface area contributed by atoms with Gasteiger partial charge in [-0.05, 0) is 36.0 Å². The van der Waals surface area contributed by atoms with E-state index in [-0.39, 0.29) is 5.82 Å². The summed E-state index contributed by atoms with van der Waals surface area (Å²) in [5, 5.41) is 0. The Morgan fingerprint density at radius 3 is 2.31 bits per heavy atom. The molecule has 0 N–H and O–H groups in total. The fourth-order valence-electron chi connectivity index (χ4n) is 2.05. The van der Waals surface area contributed by atoms with E-state index in [4.69, 9.17) is 0 Å². The number of benzene rings is 2. The number of halogens is 1. The first-order valence-electron chi connectivity index (χ1n) is 5.69. The van der Waals surface area contributed by atoms with Gasteiger partial charge in [-0.15, -0.1) is 0 Å². The Kier molecular flexibility index (Phi) is 2.24. The van der Waals surface area contributed by atoms with Crippen molar-refractivity contribution < 1.29 is 4.39 Å². The van der Waals surface area contributed by atoms with Crippen molar-refractivity contribution in [3.8, 4) is 11.1 Å². The van der Waals surface area contributed by atoms with E-state index in [9.17, 15) is 4.39 Å². The standard InChI is InChI=1S/C15H13F/c16-15-10-13(11-6-7-11)8-9-14(15)12-4-2-1-3-5-12/h1-5,8-11H,6-7H2. The summed E-state index contributed by atoms with van der Waals surface area (Å²) < 4.78 is 13.9. The van der Waals surface area contributed by atoms with Crippen molar-refractivity contribution in [1.82, 2.24) is 0 Å². The molecule has 1 aliphatic carbocycles. The molecule has 0 spiro atoms. The highest BCUT2D eigenvalue weighted by Gasteiger charge is 2.24. The maximum atomic E-state index is 13.9. The molecular formula is C15H13F. The molecule has 0 heterocycles. The molecule has 80 valence electrons. The first-order chi connectivity index (χ1) is 7.84. The van der Waals surface area contributed by atoms with Crippen LogP contribution in [0.5, 0.6) is 0 Å². The zero-order valence-corrected chi connectivity index (χ0v) is 8.99. The van der Waals surface area contributed by atoms with Crippen molar-refractivity contribution in [3.05, 3.63) is 59.9 Å². The summed E-state index contributed by atoms with van der Waals surface area (Å²) in [6, 6.07) is 15.3. The lowest BCUT2D eigenvalue weighted by Gasteiger charge is -2.05. The lowest BCUT2D eigenvalue weighted by atomic mass is 10.0. The molecule has 16 heavy (non-hydrogen) atoms. The van der Waals surface area contributed by atoms with Gasteiger partial charge in [0.1, 0.15) is 5.82 Å². The van der Waals surface area contributed by atoms with E-state index in [0.29, 0.717) is 11.5 Å². The van der Waals surface area contributed by atoms with Crippen LogP contribution in [0.15, 0.2) is 48.5 Å². The van der Waals surface area contributed by atoms with Crippen molar-refractivity contribution in [2.24, 2.45) is 0 Å². The molecule has 0 unspecified atom stereocenters. The second-order valence-electron chi connectivity index (χ2n) is 4.38. The number of hydrogen-bond acceptors (Lipinski definition) is 0. The molecule has 3 rings (SSSR count). The van der Waals surface area contributed by atoms with Crippen molar-refractivity contribution in [3.63, 3.8) is 0 Å². The van der Waals surface area contributed by atoms with Crippen molar-refractivity contribution in [1.29, 1.82) is 0 Å². The molecule has 0 aliphatic heterocycles. The third kappa shape index (κ3) is 1.73. The van der Waals surface area contributed by atoms with Crippen LogP contribution >= 0.6 is 0 Å². The predicted molar refractivity (Wildman–Crippen MR) is 63.8 cm³/mol. The molecule has 0 atom stereocenters. The average molecular weight is 212 g/mol. The van der Waals surface area contributed by atoms with Crippen molar-refractivity contribution >= 4 is 0 Å². The van der Waals surface area contributed by atoms with Crippen LogP contribution in [-0.4, -0.2) is 0 Å². The largest absolute Gasteiger partial charge is 0.206 e. The van der Waals surface area contributed by atoms with Gasteiger partial charge in [-0.25, -0.2) is 4.39 Å². The Labute approximate surface area is 94.7 Å². The Bertz CT molecular complexity index is 498. The second kappa shape index (κ2) is 3.75. The van der Waals surface area contributed by atoms with Gasteiger partial charge in [-0.2, -0.15) is 0 Å². The van der Waals surface area contributed by atoms with E-state index < -0.39 is 0 Å². The molecule has 1 heteroatoms. The summed E-state index contributed by atoms with van der Waals surface area (Å²) in [5.41, 5.74) is 2.80. The lowest BCUT2D eigenvalue weighted by Crippen LogP contribution is -1.87. The van der Waals surface area contributed by atoms with E-state index >= 15 is 0 Å². The van der Waals surface area contributed by atoms with E-state index in [1.54, 1.807) is 6.07 Å². The van der Waals surface area contributed by atoms with E-state index in [1.165, 1.54) is 12.8 Å². The number of hydrogen-bond donors (Lipinski definition) is 0. The van der Waals surface area contributed by atoms with Crippen LogP contribution in [0.3, 0.4) is 0 Å². The van der Waals surface area contributed by atoms with Gasteiger partial charge in [0.2, 0.25) is 0 Å². The summed E-state index contributed by atoms with van der Waals surface area (Å²) in [5.74, 6) is 0.509. The smallest absolute Gasteiger partial charge is 0.131 e. The molecule has 0 amide bonds. The molecule has 0 radical (unpaired) electrons. The normalized spacial score (nSPS) is 15.1. The van der Waals surface area contributed by atoms with Gasteiger partial charge >= 0.3 is 0 Å². The molecular weight excluding hydrogens is 199 g/mol. The zero-order chi connectivity index (χ0) is 11.0. The molecule has 2 aromatic carbocycles. The van der Waals surface area contributed by atoms with Crippen LogP contribution in [0.4, 0.5) is 4.39 Å². The van der Waals surface area contributed by atoms with E-state index in [1.807, 2.05) is 36.4 Å². The average Bonchev–Trinajstić information content (AvgIpc) is 3.14. The van der Waals surface area contributed by atoms with Crippen LogP contribution in [0.1, 0.15) is 24.3 Å². The maximum absolute atomic E-state index is 13.9. The first-order valence-corrected chi connectivity index (χ1v) is 5.69. The van der Waals surface area contributed by atoms with Crippen LogP contribution in [0.2, 0.25) is 0 Å². The quantitative estimate of drug-likeness (QED) is 0.693. The zero-order valence-electron chi connectivity index (χ0n) is 8.99. The van der Waals surface area contributed by atoms with Crippen LogP contribution in [-0.2, 0) is 0 Å². The van der Waals surface area contributed by atoms with E-state index in [0.717, 1.165) is 11.1 Å². The van der Waals surface area contributed by atoms with Crippen molar-refractivity contribution in [2.45, 2.75) is 18.8 Å². The highest BCUT2D eigenvalue weighted by molar-refractivity contribution is 5.64. The summed E-state index contributed by atoms with van der Waals surface area (Å²) in [7, 11) is 0. The number of rotatable bonds is 2. The maximum Gasteiger partial charge on any atom is 0.131 e. The molecule has 1 saturated carbocycles. The SMILES string of the molecule is Fc1cc(C2CC2)ccc1-c1ccccc1. The van der Waals surface area contributed by atoms with Gasteiger partial charge in [0.15, 0.2) is 0 Å². The summed E-state index contributed by atoms with van der Waals surface area (Å²) >= 11 is 0. The molecule has 0 bridgehead atoms. The Hall–Kier alpha value is -1.63. The topological polar surface area (TPSA) is 0 Å². The van der Waals surface area contributed by atoms with Gasteiger partial charge in [0, 0.05) is 5.56 Å². The molecule has 1 fully saturated rings. The monoisotopic (exact) mass is 212 g/mol. The molecule has 2 aromatic rings. The Balaban J connectivity index is 2.02. The third-order valence-electron chi connectivity index (χ3n) is 3.13. The second-order valence-corrected chi connectivity index (χ2v) is 4.38. The lowest BCUT2D eigenvalue weighted by molar-refractivity contribution is 0.629. The minimum absolute atomic E-state index is 0.101. The summed E-state index contributed by atoms with van der Waals surface area (Å²) in [4.78, 5) is 0. The van der Waals surface area contributed by atoms with Crippen LogP contribution in [0.25, 0.3) is 11.1 Å². The van der Waals surface area contributed by atoms with Gasteiger partial charge in [-0.1, -0.05) is 42.5 Å². The van der Waals surface area contributed by atoms with Crippen LogP contribution in [0, 0.1) is 5.82 Å². The molecule has 0 aromatic heterocycles. The molecule has 0 saturated heterocycles. The minimum Gasteiger partial charge on any atom is -0.206 e. The van der Waals surface area contributed by atoms with Gasteiger partial charge in [0.25, 0.3) is 0 Å². The van der Waals surface area contributed by atoms with Crippen LogP contribution < -0.4 is 0 Å². The fourth-order valence-corrected chi connectivity index (χ4v) is 2.05. The van der Waals surface area contributed by atoms with Gasteiger partial charge in [0.05, 0.1) is 0 Å². The Morgan fingerprint density at radius 2 is 1.69 bits per heavy atom. The summed E-state index contributed by atoms with van der Waals surface area (Å²) in [6.45, 7) is 0. The minimum atomic E-state index is -0.101. The third-order valence-corrected chi connectivity index (χ3v) is 3.13. The van der Waals surface area contributed by atoms with Gasteiger partial charge in [-0.3, -0.25) is 0 Å². The Morgan fingerprint density at radius 1 is 0.938 bits per heavy atom. The van der Waals surface area contributed by atoms with E-state index in [2.05, 4.69) is 6.07 Å². The highest BCUT2D eigenvalue weighted by atomic mass is 19.1. The van der Waals surface area contributed by atoms with Gasteiger partial charge < -0.3 is 0 Å². The summed E-state index contributed by atoms with van der Waals surface area (Å²) in [6.07, 6.45) is 2.42. The molecule has 1 aliphatic rings. The fraction of sp³-hybridized carbons (Fsp3) is 0.200. The first kappa shape index (κ1) is 9.59. The van der Waals surface area contributed by atoms with Crippen molar-refractivity contribution in [2.75, 3.05) is 0 Å².